The molecule has 0 aliphatic carbocycles. The van der Waals surface area contributed by atoms with Crippen LogP contribution in [-0.2, 0) is 5.33 Å². The maximum Gasteiger partial charge on any atom is 0.0998 e. The Morgan fingerprint density at radius 1 is 1.12 bits per heavy atom. The molecule has 0 aromatic heterocycles. The lowest BCUT2D eigenvalue weighted by molar-refractivity contribution is 1.36. The lowest BCUT2D eigenvalue weighted by atomic mass is 9.95. The molecule has 0 spiro atoms. The standard InChI is InChI=1S/C15H12BrN/c1-11-8-12(9-16)6-7-14(11)15-5-3-2-4-13(15)10-17/h2-8H,9H2,1H3. The molecule has 0 bridgehead atoms. The van der Waals surface area contributed by atoms with Crippen molar-refractivity contribution in [2.45, 2.75) is 12.3 Å². The van der Waals surface area contributed by atoms with Gasteiger partial charge in [0.05, 0.1) is 11.6 Å². The van der Waals surface area contributed by atoms with E-state index in [1.54, 1.807) is 0 Å². The summed E-state index contributed by atoms with van der Waals surface area (Å²) in [6, 6.07) is 16.3. The Morgan fingerprint density at radius 2 is 1.88 bits per heavy atom. The Bertz CT molecular complexity index is 582. The maximum absolute atomic E-state index is 9.11. The Balaban J connectivity index is 2.58. The van der Waals surface area contributed by atoms with Crippen LogP contribution in [0, 0.1) is 18.3 Å². The van der Waals surface area contributed by atoms with E-state index in [0.29, 0.717) is 0 Å². The van der Waals surface area contributed by atoms with E-state index < -0.39 is 0 Å². The van der Waals surface area contributed by atoms with E-state index >= 15 is 0 Å². The zero-order chi connectivity index (χ0) is 12.3. The molecule has 0 saturated carbocycles. The average molecular weight is 286 g/mol. The van der Waals surface area contributed by atoms with Crippen LogP contribution in [0.2, 0.25) is 0 Å². The van der Waals surface area contributed by atoms with Gasteiger partial charge in [-0.1, -0.05) is 52.3 Å². The highest BCUT2D eigenvalue weighted by molar-refractivity contribution is 9.08. The van der Waals surface area contributed by atoms with Gasteiger partial charge in [-0.2, -0.15) is 5.26 Å². The molecule has 2 rings (SSSR count). The largest absolute Gasteiger partial charge is 0.192 e. The van der Waals surface area contributed by atoms with Crippen LogP contribution in [0.4, 0.5) is 0 Å². The summed E-state index contributed by atoms with van der Waals surface area (Å²) in [7, 11) is 0. The lowest BCUT2D eigenvalue weighted by Crippen LogP contribution is -1.89. The smallest absolute Gasteiger partial charge is 0.0998 e. The molecule has 0 radical (unpaired) electrons. The topological polar surface area (TPSA) is 23.8 Å². The minimum atomic E-state index is 0.724. The molecule has 1 nitrogen and oxygen atoms in total. The van der Waals surface area contributed by atoms with Gasteiger partial charge in [-0.25, -0.2) is 0 Å². The van der Waals surface area contributed by atoms with Gasteiger partial charge in [0.2, 0.25) is 0 Å². The number of benzene rings is 2. The average Bonchev–Trinajstić information content (AvgIpc) is 2.38. The quantitative estimate of drug-likeness (QED) is 0.749. The van der Waals surface area contributed by atoms with Crippen molar-refractivity contribution in [3.05, 3.63) is 59.2 Å². The summed E-state index contributed by atoms with van der Waals surface area (Å²) < 4.78 is 0. The second kappa shape index (κ2) is 5.16. The molecule has 0 aliphatic rings. The number of hydrogen-bond acceptors (Lipinski definition) is 1. The molecule has 2 heteroatoms. The molecule has 0 saturated heterocycles. The van der Waals surface area contributed by atoms with Crippen LogP contribution in [0.15, 0.2) is 42.5 Å². The van der Waals surface area contributed by atoms with Crippen LogP contribution in [0.25, 0.3) is 11.1 Å². The van der Waals surface area contributed by atoms with Gasteiger partial charge in [-0.15, -0.1) is 0 Å². The Hall–Kier alpha value is -1.59. The normalized spacial score (nSPS) is 9.94. The number of alkyl halides is 1. The van der Waals surface area contributed by atoms with E-state index in [2.05, 4.69) is 47.1 Å². The number of nitriles is 1. The molecule has 0 atom stereocenters. The van der Waals surface area contributed by atoms with Crippen molar-refractivity contribution in [2.24, 2.45) is 0 Å². The Labute approximate surface area is 110 Å². The molecule has 0 heterocycles. The number of hydrogen-bond donors (Lipinski definition) is 0. The maximum atomic E-state index is 9.11. The first-order chi connectivity index (χ1) is 8.26. The predicted octanol–water partition coefficient (Wildman–Crippen LogP) is 4.43. The summed E-state index contributed by atoms with van der Waals surface area (Å²) in [5.41, 5.74) is 5.31. The summed E-state index contributed by atoms with van der Waals surface area (Å²) in [5, 5.41) is 9.97. The number of aryl methyl sites for hydroxylation is 1. The third-order valence-electron chi connectivity index (χ3n) is 2.78. The fourth-order valence-electron chi connectivity index (χ4n) is 1.93. The lowest BCUT2D eigenvalue weighted by Gasteiger charge is -2.09. The van der Waals surface area contributed by atoms with Gasteiger partial charge in [0, 0.05) is 5.33 Å². The third kappa shape index (κ3) is 2.40. The first kappa shape index (κ1) is 11.9. The SMILES string of the molecule is Cc1cc(CBr)ccc1-c1ccccc1C#N. The number of halogens is 1. The highest BCUT2D eigenvalue weighted by atomic mass is 79.9. The van der Waals surface area contributed by atoms with Crippen molar-refractivity contribution >= 4 is 15.9 Å². The van der Waals surface area contributed by atoms with E-state index in [1.165, 1.54) is 11.1 Å². The second-order valence-electron chi connectivity index (χ2n) is 3.94. The first-order valence-electron chi connectivity index (χ1n) is 5.41. The molecule has 0 N–H and O–H groups in total. The third-order valence-corrected chi connectivity index (χ3v) is 3.43. The van der Waals surface area contributed by atoms with Crippen molar-refractivity contribution < 1.29 is 0 Å². The molecule has 0 fully saturated rings. The molecular weight excluding hydrogens is 274 g/mol. The van der Waals surface area contributed by atoms with Crippen LogP contribution in [0.3, 0.4) is 0 Å². The van der Waals surface area contributed by atoms with E-state index in [1.807, 2.05) is 24.3 Å². The van der Waals surface area contributed by atoms with Crippen LogP contribution >= 0.6 is 15.9 Å². The highest BCUT2D eigenvalue weighted by Crippen LogP contribution is 2.27. The highest BCUT2D eigenvalue weighted by Gasteiger charge is 2.06. The zero-order valence-electron chi connectivity index (χ0n) is 9.57. The van der Waals surface area contributed by atoms with Crippen molar-refractivity contribution in [1.82, 2.24) is 0 Å². The Morgan fingerprint density at radius 3 is 2.53 bits per heavy atom. The monoisotopic (exact) mass is 285 g/mol. The van der Waals surface area contributed by atoms with Crippen molar-refractivity contribution in [3.63, 3.8) is 0 Å². The minimum Gasteiger partial charge on any atom is -0.192 e. The molecule has 0 unspecified atom stereocenters. The first-order valence-corrected chi connectivity index (χ1v) is 6.53. The molecule has 84 valence electrons. The molecular formula is C15H12BrN. The molecule has 0 amide bonds. The van der Waals surface area contributed by atoms with Gasteiger partial charge in [-0.3, -0.25) is 0 Å². The van der Waals surface area contributed by atoms with Gasteiger partial charge >= 0.3 is 0 Å². The Kier molecular flexibility index (Phi) is 3.61. The van der Waals surface area contributed by atoms with Gasteiger partial charge in [0.25, 0.3) is 0 Å². The van der Waals surface area contributed by atoms with Gasteiger partial charge in [-0.05, 0) is 35.2 Å². The van der Waals surface area contributed by atoms with Gasteiger partial charge in [0.1, 0.15) is 0 Å². The van der Waals surface area contributed by atoms with Crippen molar-refractivity contribution in [2.75, 3.05) is 0 Å². The summed E-state index contributed by atoms with van der Waals surface area (Å²) >= 11 is 3.45. The van der Waals surface area contributed by atoms with Crippen LogP contribution < -0.4 is 0 Å². The van der Waals surface area contributed by atoms with Crippen molar-refractivity contribution in [3.8, 4) is 17.2 Å². The van der Waals surface area contributed by atoms with E-state index in [0.717, 1.165) is 22.0 Å². The van der Waals surface area contributed by atoms with E-state index in [-0.39, 0.29) is 0 Å². The second-order valence-corrected chi connectivity index (χ2v) is 4.50. The molecule has 2 aromatic rings. The van der Waals surface area contributed by atoms with E-state index in [4.69, 9.17) is 5.26 Å². The minimum absolute atomic E-state index is 0.724. The predicted molar refractivity (Wildman–Crippen MR) is 74.0 cm³/mol. The van der Waals surface area contributed by atoms with E-state index in [9.17, 15) is 0 Å². The number of nitrogens with zero attached hydrogens (tertiary/aromatic N) is 1. The summed E-state index contributed by atoms with van der Waals surface area (Å²) in [6.45, 7) is 2.08. The summed E-state index contributed by atoms with van der Waals surface area (Å²) in [5.74, 6) is 0. The van der Waals surface area contributed by atoms with Gasteiger partial charge < -0.3 is 0 Å². The van der Waals surface area contributed by atoms with Crippen LogP contribution in [-0.4, -0.2) is 0 Å². The number of rotatable bonds is 2. The zero-order valence-corrected chi connectivity index (χ0v) is 11.2. The molecule has 0 aliphatic heterocycles. The fourth-order valence-corrected chi connectivity index (χ4v) is 2.28. The van der Waals surface area contributed by atoms with Crippen molar-refractivity contribution in [1.29, 1.82) is 5.26 Å². The molecule has 17 heavy (non-hydrogen) atoms. The van der Waals surface area contributed by atoms with Gasteiger partial charge in [0.15, 0.2) is 0 Å². The van der Waals surface area contributed by atoms with Crippen LogP contribution in [0.5, 0.6) is 0 Å². The summed E-state index contributed by atoms with van der Waals surface area (Å²) in [6.07, 6.45) is 0. The fraction of sp³-hybridized carbons (Fsp3) is 0.133. The molecule has 2 aromatic carbocycles. The summed E-state index contributed by atoms with van der Waals surface area (Å²) in [4.78, 5) is 0. The van der Waals surface area contributed by atoms with Crippen LogP contribution in [0.1, 0.15) is 16.7 Å².